The van der Waals surface area contributed by atoms with E-state index >= 15 is 0 Å². The second-order valence-corrected chi connectivity index (χ2v) is 5.42. The van der Waals surface area contributed by atoms with Crippen molar-refractivity contribution in [2.45, 2.75) is 11.2 Å². The van der Waals surface area contributed by atoms with Gasteiger partial charge in [-0.25, -0.2) is 13.2 Å². The molecule has 106 valence electrons. The van der Waals surface area contributed by atoms with Crippen LogP contribution in [0.1, 0.15) is 16.0 Å². The Balaban J connectivity index is 2.17. The van der Waals surface area contributed by atoms with E-state index in [0.29, 0.717) is 17.5 Å². The Morgan fingerprint density at radius 3 is 2.35 bits per heavy atom. The largest absolute Gasteiger partial charge is 0.494 e. The topological polar surface area (TPSA) is 9.23 Å². The number of hydrogen-bond acceptors (Lipinski definition) is 1. The normalized spacial score (nSPS) is 12.2. The van der Waals surface area contributed by atoms with Crippen LogP contribution < -0.4 is 4.74 Å². The van der Waals surface area contributed by atoms with Gasteiger partial charge in [-0.1, -0.05) is 28.1 Å². The van der Waals surface area contributed by atoms with Crippen LogP contribution >= 0.6 is 15.9 Å². The lowest BCUT2D eigenvalue weighted by atomic mass is 10.0. The molecular formula is C15H12BrF3O. The Morgan fingerprint density at radius 1 is 1.00 bits per heavy atom. The summed E-state index contributed by atoms with van der Waals surface area (Å²) >= 11 is 3.42. The molecule has 2 rings (SSSR count). The smallest absolute Gasteiger partial charge is 0.165 e. The van der Waals surface area contributed by atoms with Crippen LogP contribution in [0.2, 0.25) is 0 Å². The predicted molar refractivity (Wildman–Crippen MR) is 74.7 cm³/mol. The van der Waals surface area contributed by atoms with Crippen molar-refractivity contribution in [1.82, 2.24) is 0 Å². The van der Waals surface area contributed by atoms with Gasteiger partial charge >= 0.3 is 0 Å². The highest BCUT2D eigenvalue weighted by Gasteiger charge is 2.13. The van der Waals surface area contributed by atoms with Gasteiger partial charge in [-0.15, -0.1) is 0 Å². The second kappa shape index (κ2) is 6.31. The fourth-order valence-corrected chi connectivity index (χ4v) is 2.53. The van der Waals surface area contributed by atoms with Crippen LogP contribution in [-0.4, -0.2) is 7.11 Å². The first-order chi connectivity index (χ1) is 9.51. The van der Waals surface area contributed by atoms with E-state index < -0.39 is 17.5 Å². The van der Waals surface area contributed by atoms with Crippen molar-refractivity contribution in [1.29, 1.82) is 0 Å². The lowest BCUT2D eigenvalue weighted by Crippen LogP contribution is -1.98. The summed E-state index contributed by atoms with van der Waals surface area (Å²) in [6.45, 7) is 0. The molecule has 1 atom stereocenters. The van der Waals surface area contributed by atoms with Crippen LogP contribution in [0.25, 0.3) is 0 Å². The third-order valence-corrected chi connectivity index (χ3v) is 3.79. The van der Waals surface area contributed by atoms with E-state index in [4.69, 9.17) is 4.74 Å². The number of alkyl halides is 1. The maximum absolute atomic E-state index is 13.6. The molecule has 2 aromatic carbocycles. The average molecular weight is 345 g/mol. The summed E-state index contributed by atoms with van der Waals surface area (Å²) in [6, 6.07) is 8.35. The van der Waals surface area contributed by atoms with Gasteiger partial charge in [0.05, 0.1) is 7.11 Å². The fraction of sp³-hybridized carbons (Fsp3) is 0.200. The third kappa shape index (κ3) is 3.33. The predicted octanol–water partition coefficient (Wildman–Crippen LogP) is 4.79. The van der Waals surface area contributed by atoms with Crippen molar-refractivity contribution < 1.29 is 17.9 Å². The highest BCUT2D eigenvalue weighted by molar-refractivity contribution is 9.09. The van der Waals surface area contributed by atoms with Crippen LogP contribution in [0.15, 0.2) is 36.4 Å². The van der Waals surface area contributed by atoms with E-state index in [2.05, 4.69) is 15.9 Å². The molecule has 0 saturated heterocycles. The average Bonchev–Trinajstić information content (AvgIpc) is 2.42. The Bertz CT molecular complexity index is 616. The number of hydrogen-bond donors (Lipinski definition) is 0. The zero-order valence-corrected chi connectivity index (χ0v) is 12.3. The van der Waals surface area contributed by atoms with Crippen LogP contribution in [-0.2, 0) is 6.42 Å². The molecule has 0 aromatic heterocycles. The van der Waals surface area contributed by atoms with E-state index in [1.54, 1.807) is 6.07 Å². The summed E-state index contributed by atoms with van der Waals surface area (Å²) in [4.78, 5) is -0.201. The molecule has 0 radical (unpaired) electrons. The van der Waals surface area contributed by atoms with E-state index in [1.807, 2.05) is 0 Å². The van der Waals surface area contributed by atoms with Crippen molar-refractivity contribution in [3.8, 4) is 5.75 Å². The summed E-state index contributed by atoms with van der Waals surface area (Å²) in [6.07, 6.45) is 0.420. The van der Waals surface area contributed by atoms with Gasteiger partial charge in [-0.05, 0) is 41.8 Å². The summed E-state index contributed by atoms with van der Waals surface area (Å²) in [5, 5.41) is 0. The standard InChI is InChI=1S/C15H12BrF3O/c1-20-15-5-3-10(8-14(15)19)11(16)6-9-2-4-12(17)13(18)7-9/h2-5,7-8,11H,6H2,1H3. The number of halogens is 4. The Kier molecular flexibility index (Phi) is 4.70. The first kappa shape index (κ1) is 14.9. The molecule has 1 unspecified atom stereocenters. The van der Waals surface area contributed by atoms with E-state index in [0.717, 1.165) is 12.1 Å². The highest BCUT2D eigenvalue weighted by Crippen LogP contribution is 2.30. The van der Waals surface area contributed by atoms with Gasteiger partial charge in [0.1, 0.15) is 0 Å². The van der Waals surface area contributed by atoms with Crippen molar-refractivity contribution >= 4 is 15.9 Å². The van der Waals surface area contributed by atoms with Crippen molar-refractivity contribution in [3.05, 3.63) is 65.0 Å². The zero-order valence-electron chi connectivity index (χ0n) is 10.7. The monoisotopic (exact) mass is 344 g/mol. The van der Waals surface area contributed by atoms with E-state index in [9.17, 15) is 13.2 Å². The molecule has 0 saturated carbocycles. The molecule has 2 aromatic rings. The van der Waals surface area contributed by atoms with Crippen molar-refractivity contribution in [3.63, 3.8) is 0 Å². The van der Waals surface area contributed by atoms with E-state index in [-0.39, 0.29) is 10.6 Å². The lowest BCUT2D eigenvalue weighted by molar-refractivity contribution is 0.386. The van der Waals surface area contributed by atoms with Gasteiger partial charge in [0.2, 0.25) is 0 Å². The van der Waals surface area contributed by atoms with Gasteiger partial charge in [0.15, 0.2) is 23.2 Å². The zero-order chi connectivity index (χ0) is 14.7. The number of benzene rings is 2. The van der Waals surface area contributed by atoms with Crippen LogP contribution in [0.4, 0.5) is 13.2 Å². The van der Waals surface area contributed by atoms with Crippen molar-refractivity contribution in [2.75, 3.05) is 7.11 Å². The molecule has 1 nitrogen and oxygen atoms in total. The maximum atomic E-state index is 13.6. The molecule has 0 aliphatic heterocycles. The quantitative estimate of drug-likeness (QED) is 0.724. The minimum Gasteiger partial charge on any atom is -0.494 e. The van der Waals surface area contributed by atoms with Crippen LogP contribution in [0.3, 0.4) is 0 Å². The lowest BCUT2D eigenvalue weighted by Gasteiger charge is -2.12. The summed E-state index contributed by atoms with van der Waals surface area (Å²) in [5.74, 6) is -2.06. The Hall–Kier alpha value is -1.49. The molecular weight excluding hydrogens is 333 g/mol. The minimum atomic E-state index is -0.886. The fourth-order valence-electron chi connectivity index (χ4n) is 1.87. The molecule has 0 aliphatic rings. The number of methoxy groups -OCH3 is 1. The molecule has 0 heterocycles. The van der Waals surface area contributed by atoms with Gasteiger partial charge in [0, 0.05) is 4.83 Å². The third-order valence-electron chi connectivity index (χ3n) is 2.94. The van der Waals surface area contributed by atoms with Gasteiger partial charge in [0.25, 0.3) is 0 Å². The molecule has 0 fully saturated rings. The summed E-state index contributed by atoms with van der Waals surface area (Å²) in [7, 11) is 1.39. The molecule has 0 spiro atoms. The van der Waals surface area contributed by atoms with Crippen molar-refractivity contribution in [2.24, 2.45) is 0 Å². The summed E-state index contributed by atoms with van der Waals surface area (Å²) in [5.41, 5.74) is 1.33. The minimum absolute atomic E-state index is 0.168. The van der Waals surface area contributed by atoms with E-state index in [1.165, 1.54) is 25.3 Å². The maximum Gasteiger partial charge on any atom is 0.165 e. The van der Waals surface area contributed by atoms with Gasteiger partial charge < -0.3 is 4.74 Å². The van der Waals surface area contributed by atoms with Crippen LogP contribution in [0.5, 0.6) is 5.75 Å². The Labute approximate surface area is 123 Å². The Morgan fingerprint density at radius 2 is 1.75 bits per heavy atom. The molecule has 0 amide bonds. The first-order valence-electron chi connectivity index (χ1n) is 5.92. The second-order valence-electron chi connectivity index (χ2n) is 4.31. The molecule has 0 bridgehead atoms. The SMILES string of the molecule is COc1ccc(C(Br)Cc2ccc(F)c(F)c2)cc1F. The first-order valence-corrected chi connectivity index (χ1v) is 6.84. The summed E-state index contributed by atoms with van der Waals surface area (Å²) < 4.78 is 44.4. The van der Waals surface area contributed by atoms with Gasteiger partial charge in [-0.2, -0.15) is 0 Å². The molecule has 5 heteroatoms. The van der Waals surface area contributed by atoms with Crippen LogP contribution in [0, 0.1) is 17.5 Å². The molecule has 0 N–H and O–H groups in total. The highest BCUT2D eigenvalue weighted by atomic mass is 79.9. The molecule has 0 aliphatic carbocycles. The number of rotatable bonds is 4. The molecule has 20 heavy (non-hydrogen) atoms. The van der Waals surface area contributed by atoms with Gasteiger partial charge in [-0.3, -0.25) is 0 Å². The number of ether oxygens (including phenoxy) is 1.